The number of carbonyl (C=O) groups excluding carboxylic acids is 2. The molecule has 0 radical (unpaired) electrons. The molecule has 13 heavy (non-hydrogen) atoms. The standard InChI is InChI=1S/C6H10O3.C3H8O/c1-3-9-6(8)4-5(2)7;1-3(2)4/h3-4H2,1-2H3;3-4H,1-2H3. The molecule has 0 spiro atoms. The highest BCUT2D eigenvalue weighted by atomic mass is 16.5. The molecule has 0 atom stereocenters. The molecule has 0 bridgehead atoms. The van der Waals surface area contributed by atoms with Crippen LogP contribution >= 0.6 is 0 Å². The molecule has 0 amide bonds. The van der Waals surface area contributed by atoms with E-state index in [2.05, 4.69) is 4.74 Å². The van der Waals surface area contributed by atoms with Gasteiger partial charge in [0.2, 0.25) is 0 Å². The average Bonchev–Trinajstić information content (AvgIpc) is 1.83. The highest BCUT2D eigenvalue weighted by molar-refractivity contribution is 5.94. The molecule has 0 rings (SSSR count). The molecule has 0 aromatic heterocycles. The summed E-state index contributed by atoms with van der Waals surface area (Å²) in [6, 6.07) is 0. The van der Waals surface area contributed by atoms with Crippen molar-refractivity contribution in [1.82, 2.24) is 0 Å². The topological polar surface area (TPSA) is 63.6 Å². The van der Waals surface area contributed by atoms with Crippen molar-refractivity contribution in [1.29, 1.82) is 0 Å². The predicted octanol–water partition coefficient (Wildman–Crippen LogP) is 0.916. The Morgan fingerprint density at radius 1 is 1.38 bits per heavy atom. The highest BCUT2D eigenvalue weighted by Crippen LogP contribution is 1.86. The molecule has 0 saturated carbocycles. The number of aliphatic hydroxyl groups is 1. The normalized spacial score (nSPS) is 8.77. The van der Waals surface area contributed by atoms with Crippen LogP contribution in [0.2, 0.25) is 0 Å². The molecule has 0 aliphatic heterocycles. The molecule has 0 aromatic rings. The Balaban J connectivity index is 0. The number of hydrogen-bond donors (Lipinski definition) is 1. The molecule has 0 aliphatic rings. The van der Waals surface area contributed by atoms with Crippen LogP contribution in [0.5, 0.6) is 0 Å². The third-order valence-corrected chi connectivity index (χ3v) is 0.699. The van der Waals surface area contributed by atoms with Gasteiger partial charge >= 0.3 is 5.97 Å². The average molecular weight is 190 g/mol. The van der Waals surface area contributed by atoms with Gasteiger partial charge in [0.25, 0.3) is 0 Å². The molecule has 4 nitrogen and oxygen atoms in total. The van der Waals surface area contributed by atoms with E-state index < -0.39 is 5.97 Å². The van der Waals surface area contributed by atoms with Crippen LogP contribution in [-0.4, -0.2) is 29.6 Å². The number of ether oxygens (including phenoxy) is 1. The van der Waals surface area contributed by atoms with E-state index in [4.69, 9.17) is 5.11 Å². The first-order valence-corrected chi connectivity index (χ1v) is 4.23. The molecule has 0 fully saturated rings. The summed E-state index contributed by atoms with van der Waals surface area (Å²) >= 11 is 0. The van der Waals surface area contributed by atoms with Crippen LogP contribution < -0.4 is 0 Å². The van der Waals surface area contributed by atoms with Crippen LogP contribution in [0.15, 0.2) is 0 Å². The Bertz CT molecular complexity index is 149. The SMILES string of the molecule is CC(C)O.CCOC(=O)CC(C)=O. The summed E-state index contributed by atoms with van der Waals surface area (Å²) in [5, 5.41) is 8.06. The lowest BCUT2D eigenvalue weighted by atomic mass is 10.3. The summed E-state index contributed by atoms with van der Waals surface area (Å²) in [6.07, 6.45) is -0.270. The lowest BCUT2D eigenvalue weighted by molar-refractivity contribution is -0.145. The van der Waals surface area contributed by atoms with Crippen molar-refractivity contribution >= 4 is 11.8 Å². The van der Waals surface area contributed by atoms with Gasteiger partial charge in [-0.15, -0.1) is 0 Å². The molecule has 4 heteroatoms. The number of Topliss-reactive ketones (excluding diaryl/α,β-unsaturated/α-hetero) is 1. The summed E-state index contributed by atoms with van der Waals surface area (Å²) in [5.74, 6) is -0.599. The molecular weight excluding hydrogens is 172 g/mol. The Morgan fingerprint density at radius 2 is 1.77 bits per heavy atom. The minimum Gasteiger partial charge on any atom is -0.466 e. The van der Waals surface area contributed by atoms with E-state index in [9.17, 15) is 9.59 Å². The Morgan fingerprint density at radius 3 is 2.00 bits per heavy atom. The van der Waals surface area contributed by atoms with Gasteiger partial charge in [-0.3, -0.25) is 9.59 Å². The van der Waals surface area contributed by atoms with Crippen LogP contribution in [0.25, 0.3) is 0 Å². The van der Waals surface area contributed by atoms with Crippen molar-refractivity contribution in [3.63, 3.8) is 0 Å². The number of hydrogen-bond acceptors (Lipinski definition) is 4. The lowest BCUT2D eigenvalue weighted by Crippen LogP contribution is -2.07. The number of carbonyl (C=O) groups is 2. The van der Waals surface area contributed by atoms with Gasteiger partial charge in [-0.1, -0.05) is 0 Å². The lowest BCUT2D eigenvalue weighted by Gasteiger charge is -1.96. The van der Waals surface area contributed by atoms with E-state index in [0.717, 1.165) is 0 Å². The fourth-order valence-electron chi connectivity index (χ4n) is 0.415. The minimum absolute atomic E-state index is 0.103. The second-order valence-electron chi connectivity index (χ2n) is 2.78. The summed E-state index contributed by atoms with van der Waals surface area (Å²) < 4.78 is 4.49. The maximum atomic E-state index is 10.4. The summed E-state index contributed by atoms with van der Waals surface area (Å²) in [7, 11) is 0. The molecule has 0 heterocycles. The summed E-state index contributed by atoms with van der Waals surface area (Å²) in [4.78, 5) is 20.6. The van der Waals surface area contributed by atoms with Gasteiger partial charge in [-0.25, -0.2) is 0 Å². The Hall–Kier alpha value is -0.900. The largest absolute Gasteiger partial charge is 0.466 e. The van der Waals surface area contributed by atoms with Crippen molar-refractivity contribution in [3.8, 4) is 0 Å². The van der Waals surface area contributed by atoms with Gasteiger partial charge in [0.15, 0.2) is 0 Å². The summed E-state index contributed by atoms with van der Waals surface area (Å²) in [5.41, 5.74) is 0. The Kier molecular flexibility index (Phi) is 10.3. The van der Waals surface area contributed by atoms with Crippen molar-refractivity contribution in [3.05, 3.63) is 0 Å². The van der Waals surface area contributed by atoms with Gasteiger partial charge < -0.3 is 9.84 Å². The highest BCUT2D eigenvalue weighted by Gasteiger charge is 2.03. The van der Waals surface area contributed by atoms with Crippen molar-refractivity contribution in [2.45, 2.75) is 40.2 Å². The van der Waals surface area contributed by atoms with Gasteiger partial charge in [-0.05, 0) is 27.7 Å². The smallest absolute Gasteiger partial charge is 0.313 e. The second-order valence-corrected chi connectivity index (χ2v) is 2.78. The zero-order chi connectivity index (χ0) is 10.9. The van der Waals surface area contributed by atoms with Gasteiger partial charge in [0, 0.05) is 6.10 Å². The van der Waals surface area contributed by atoms with Gasteiger partial charge in [0.1, 0.15) is 12.2 Å². The maximum absolute atomic E-state index is 10.4. The first-order valence-electron chi connectivity index (χ1n) is 4.23. The van der Waals surface area contributed by atoms with E-state index in [1.54, 1.807) is 20.8 Å². The number of rotatable bonds is 3. The quantitative estimate of drug-likeness (QED) is 0.531. The first kappa shape index (κ1) is 14.6. The van der Waals surface area contributed by atoms with Crippen molar-refractivity contribution in [2.75, 3.05) is 6.61 Å². The Labute approximate surface area is 78.9 Å². The zero-order valence-corrected chi connectivity index (χ0v) is 8.66. The van der Waals surface area contributed by atoms with Gasteiger partial charge in [-0.2, -0.15) is 0 Å². The third kappa shape index (κ3) is 24.7. The number of esters is 1. The molecular formula is C9H18O4. The van der Waals surface area contributed by atoms with Crippen LogP contribution in [0.1, 0.15) is 34.1 Å². The molecule has 0 aliphatic carbocycles. The fraction of sp³-hybridized carbons (Fsp3) is 0.778. The number of ketones is 1. The molecule has 78 valence electrons. The van der Waals surface area contributed by atoms with Crippen molar-refractivity contribution < 1.29 is 19.4 Å². The van der Waals surface area contributed by atoms with E-state index in [1.165, 1.54) is 6.92 Å². The second kappa shape index (κ2) is 9.19. The predicted molar refractivity (Wildman–Crippen MR) is 49.3 cm³/mol. The van der Waals surface area contributed by atoms with E-state index >= 15 is 0 Å². The third-order valence-electron chi connectivity index (χ3n) is 0.699. The minimum atomic E-state index is -0.440. The molecule has 0 aromatic carbocycles. The molecule has 1 N–H and O–H groups in total. The van der Waals surface area contributed by atoms with Crippen LogP contribution in [-0.2, 0) is 14.3 Å². The van der Waals surface area contributed by atoms with E-state index in [0.29, 0.717) is 6.61 Å². The van der Waals surface area contributed by atoms with Crippen molar-refractivity contribution in [2.24, 2.45) is 0 Å². The van der Waals surface area contributed by atoms with Gasteiger partial charge in [0.05, 0.1) is 6.61 Å². The van der Waals surface area contributed by atoms with Crippen LogP contribution in [0, 0.1) is 0 Å². The number of aliphatic hydroxyl groups excluding tert-OH is 1. The molecule has 0 unspecified atom stereocenters. The van der Waals surface area contributed by atoms with E-state index in [-0.39, 0.29) is 18.3 Å². The van der Waals surface area contributed by atoms with E-state index in [1.807, 2.05) is 0 Å². The maximum Gasteiger partial charge on any atom is 0.313 e. The van der Waals surface area contributed by atoms with Crippen LogP contribution in [0.4, 0.5) is 0 Å². The summed E-state index contributed by atoms with van der Waals surface area (Å²) in [6.45, 7) is 6.85. The molecule has 0 saturated heterocycles. The zero-order valence-electron chi connectivity index (χ0n) is 8.66. The van der Waals surface area contributed by atoms with Crippen LogP contribution in [0.3, 0.4) is 0 Å². The monoisotopic (exact) mass is 190 g/mol. The fourth-order valence-corrected chi connectivity index (χ4v) is 0.415. The first-order chi connectivity index (χ1) is 5.90.